The second-order valence-electron chi connectivity index (χ2n) is 5.85. The molecule has 0 aliphatic carbocycles. The van der Waals surface area contributed by atoms with E-state index in [-0.39, 0.29) is 0 Å². The van der Waals surface area contributed by atoms with E-state index < -0.39 is 0 Å². The Morgan fingerprint density at radius 3 is 2.75 bits per heavy atom. The first-order valence-corrected chi connectivity index (χ1v) is 6.82. The zero-order valence-corrected chi connectivity index (χ0v) is 10.9. The third-order valence-electron chi connectivity index (χ3n) is 4.02. The summed E-state index contributed by atoms with van der Waals surface area (Å²) in [6.45, 7) is 7.63. The highest BCUT2D eigenvalue weighted by atomic mass is 15.1. The summed E-state index contributed by atoms with van der Waals surface area (Å²) < 4.78 is 0. The average Bonchev–Trinajstić information content (AvgIpc) is 2.70. The summed E-state index contributed by atoms with van der Waals surface area (Å²) in [6, 6.07) is 0. The van der Waals surface area contributed by atoms with Gasteiger partial charge in [0.15, 0.2) is 0 Å². The summed E-state index contributed by atoms with van der Waals surface area (Å²) in [5.41, 5.74) is 0. The van der Waals surface area contributed by atoms with E-state index in [0.29, 0.717) is 0 Å². The van der Waals surface area contributed by atoms with Crippen molar-refractivity contribution in [2.45, 2.75) is 19.3 Å². The molecule has 0 bridgehead atoms. The van der Waals surface area contributed by atoms with Crippen molar-refractivity contribution in [2.75, 3.05) is 53.4 Å². The van der Waals surface area contributed by atoms with Gasteiger partial charge in [-0.25, -0.2) is 0 Å². The summed E-state index contributed by atoms with van der Waals surface area (Å²) in [5.74, 6) is 1.80. The van der Waals surface area contributed by atoms with Crippen LogP contribution in [0, 0.1) is 11.8 Å². The lowest BCUT2D eigenvalue weighted by molar-refractivity contribution is 0.158. The molecule has 2 unspecified atom stereocenters. The van der Waals surface area contributed by atoms with Gasteiger partial charge in [0.2, 0.25) is 0 Å². The van der Waals surface area contributed by atoms with Crippen molar-refractivity contribution in [2.24, 2.45) is 11.8 Å². The molecule has 2 fully saturated rings. The fourth-order valence-corrected chi connectivity index (χ4v) is 3.25. The SMILES string of the molecule is CN1CCCC(CN(C)CC2CCNC2)C1. The highest BCUT2D eigenvalue weighted by Gasteiger charge is 2.21. The van der Waals surface area contributed by atoms with Gasteiger partial charge < -0.3 is 15.1 Å². The lowest BCUT2D eigenvalue weighted by Gasteiger charge is -2.33. The number of rotatable bonds is 4. The van der Waals surface area contributed by atoms with Crippen molar-refractivity contribution in [3.05, 3.63) is 0 Å². The van der Waals surface area contributed by atoms with Crippen LogP contribution in [0.4, 0.5) is 0 Å². The monoisotopic (exact) mass is 225 g/mol. The smallest absolute Gasteiger partial charge is 0.00193 e. The Morgan fingerprint density at radius 1 is 1.25 bits per heavy atom. The van der Waals surface area contributed by atoms with Crippen LogP contribution in [0.25, 0.3) is 0 Å². The van der Waals surface area contributed by atoms with Gasteiger partial charge in [-0.2, -0.15) is 0 Å². The fourth-order valence-electron chi connectivity index (χ4n) is 3.25. The van der Waals surface area contributed by atoms with Gasteiger partial charge in [-0.15, -0.1) is 0 Å². The third kappa shape index (κ3) is 3.72. The normalized spacial score (nSPS) is 32.4. The maximum absolute atomic E-state index is 3.45. The Bertz CT molecular complexity index is 201. The number of hydrogen-bond acceptors (Lipinski definition) is 3. The van der Waals surface area contributed by atoms with E-state index in [2.05, 4.69) is 29.2 Å². The molecule has 0 aromatic rings. The average molecular weight is 225 g/mol. The molecule has 2 aliphatic rings. The summed E-state index contributed by atoms with van der Waals surface area (Å²) in [6.07, 6.45) is 4.19. The van der Waals surface area contributed by atoms with E-state index in [1.165, 1.54) is 58.5 Å². The molecule has 94 valence electrons. The molecule has 16 heavy (non-hydrogen) atoms. The summed E-state index contributed by atoms with van der Waals surface area (Å²) >= 11 is 0. The Kier molecular flexibility index (Phi) is 4.62. The maximum Gasteiger partial charge on any atom is 0.00193 e. The number of hydrogen-bond donors (Lipinski definition) is 1. The van der Waals surface area contributed by atoms with E-state index in [1.54, 1.807) is 0 Å². The summed E-state index contributed by atoms with van der Waals surface area (Å²) in [4.78, 5) is 5.04. The number of nitrogens with one attached hydrogen (secondary N) is 1. The summed E-state index contributed by atoms with van der Waals surface area (Å²) in [5, 5.41) is 3.45. The molecular weight excluding hydrogens is 198 g/mol. The fraction of sp³-hybridized carbons (Fsp3) is 1.00. The van der Waals surface area contributed by atoms with Gasteiger partial charge in [-0.1, -0.05) is 0 Å². The molecule has 0 aromatic carbocycles. The number of piperidine rings is 1. The minimum absolute atomic E-state index is 0.895. The Morgan fingerprint density at radius 2 is 2.06 bits per heavy atom. The lowest BCUT2D eigenvalue weighted by Crippen LogP contribution is -2.39. The molecule has 0 amide bonds. The third-order valence-corrected chi connectivity index (χ3v) is 4.02. The van der Waals surface area contributed by atoms with Crippen LogP contribution in [0.2, 0.25) is 0 Å². The molecule has 2 aliphatic heterocycles. The largest absolute Gasteiger partial charge is 0.316 e. The van der Waals surface area contributed by atoms with E-state index in [0.717, 1.165) is 11.8 Å². The van der Waals surface area contributed by atoms with Gasteiger partial charge in [0.05, 0.1) is 0 Å². The Balaban J connectivity index is 1.67. The number of nitrogens with zero attached hydrogens (tertiary/aromatic N) is 2. The quantitative estimate of drug-likeness (QED) is 0.766. The van der Waals surface area contributed by atoms with Crippen LogP contribution >= 0.6 is 0 Å². The van der Waals surface area contributed by atoms with Gasteiger partial charge in [-0.3, -0.25) is 0 Å². The number of likely N-dealkylation sites (tertiary alicyclic amines) is 1. The highest BCUT2D eigenvalue weighted by molar-refractivity contribution is 4.77. The van der Waals surface area contributed by atoms with Crippen LogP contribution in [-0.2, 0) is 0 Å². The van der Waals surface area contributed by atoms with Crippen LogP contribution in [0.15, 0.2) is 0 Å². The topological polar surface area (TPSA) is 18.5 Å². The lowest BCUT2D eigenvalue weighted by atomic mass is 9.97. The molecule has 2 atom stereocenters. The van der Waals surface area contributed by atoms with E-state index >= 15 is 0 Å². The molecule has 0 spiro atoms. The van der Waals surface area contributed by atoms with Crippen LogP contribution in [0.1, 0.15) is 19.3 Å². The van der Waals surface area contributed by atoms with Crippen molar-refractivity contribution >= 4 is 0 Å². The van der Waals surface area contributed by atoms with Crippen molar-refractivity contribution in [1.29, 1.82) is 0 Å². The standard InChI is InChI=1S/C13H27N3/c1-15-7-3-4-13(10-15)11-16(2)9-12-5-6-14-8-12/h12-14H,3-11H2,1-2H3. The first kappa shape index (κ1) is 12.3. The predicted molar refractivity (Wildman–Crippen MR) is 68.7 cm³/mol. The van der Waals surface area contributed by atoms with Crippen LogP contribution in [0.5, 0.6) is 0 Å². The first-order valence-electron chi connectivity index (χ1n) is 6.82. The zero-order valence-electron chi connectivity index (χ0n) is 10.9. The second kappa shape index (κ2) is 5.99. The Hall–Kier alpha value is -0.120. The first-order chi connectivity index (χ1) is 7.74. The van der Waals surface area contributed by atoms with Gasteiger partial charge >= 0.3 is 0 Å². The summed E-state index contributed by atoms with van der Waals surface area (Å²) in [7, 11) is 4.56. The minimum Gasteiger partial charge on any atom is -0.316 e. The molecule has 0 saturated carbocycles. The highest BCUT2D eigenvalue weighted by Crippen LogP contribution is 2.17. The van der Waals surface area contributed by atoms with Crippen molar-refractivity contribution in [1.82, 2.24) is 15.1 Å². The molecular formula is C13H27N3. The van der Waals surface area contributed by atoms with Crippen molar-refractivity contribution in [3.63, 3.8) is 0 Å². The molecule has 0 radical (unpaired) electrons. The predicted octanol–water partition coefficient (Wildman–Crippen LogP) is 0.870. The second-order valence-corrected chi connectivity index (χ2v) is 5.85. The van der Waals surface area contributed by atoms with E-state index in [4.69, 9.17) is 0 Å². The minimum atomic E-state index is 0.895. The van der Waals surface area contributed by atoms with E-state index in [1.807, 2.05) is 0 Å². The van der Waals surface area contributed by atoms with Gasteiger partial charge in [0, 0.05) is 19.6 Å². The molecule has 2 rings (SSSR count). The Labute approximate surface area is 100 Å². The van der Waals surface area contributed by atoms with Crippen LogP contribution < -0.4 is 5.32 Å². The molecule has 2 saturated heterocycles. The molecule has 0 aromatic heterocycles. The van der Waals surface area contributed by atoms with Gasteiger partial charge in [0.25, 0.3) is 0 Å². The van der Waals surface area contributed by atoms with Gasteiger partial charge in [0.1, 0.15) is 0 Å². The van der Waals surface area contributed by atoms with Gasteiger partial charge in [-0.05, 0) is 64.8 Å². The van der Waals surface area contributed by atoms with Crippen LogP contribution in [0.3, 0.4) is 0 Å². The molecule has 2 heterocycles. The van der Waals surface area contributed by atoms with Crippen LogP contribution in [-0.4, -0.2) is 63.2 Å². The molecule has 3 heteroatoms. The zero-order chi connectivity index (χ0) is 11.4. The van der Waals surface area contributed by atoms with E-state index in [9.17, 15) is 0 Å². The maximum atomic E-state index is 3.45. The van der Waals surface area contributed by atoms with Crippen molar-refractivity contribution < 1.29 is 0 Å². The molecule has 1 N–H and O–H groups in total. The van der Waals surface area contributed by atoms with Crippen molar-refractivity contribution in [3.8, 4) is 0 Å². The molecule has 3 nitrogen and oxygen atoms in total.